The van der Waals surface area contributed by atoms with Crippen LogP contribution in [0.4, 0.5) is 5.13 Å². The van der Waals surface area contributed by atoms with Gasteiger partial charge in [0, 0.05) is 33.6 Å². The highest BCUT2D eigenvalue weighted by Crippen LogP contribution is 2.27. The minimum absolute atomic E-state index is 0.767. The molecule has 2 heterocycles. The van der Waals surface area contributed by atoms with Crippen LogP contribution in [0.1, 0.15) is 5.56 Å². The molecule has 5 aromatic rings. The Balaban J connectivity index is 1.29. The van der Waals surface area contributed by atoms with Crippen molar-refractivity contribution in [3.05, 3.63) is 96.0 Å². The molecule has 0 saturated heterocycles. The van der Waals surface area contributed by atoms with E-state index in [1.807, 2.05) is 36.0 Å². The van der Waals surface area contributed by atoms with Crippen LogP contribution in [0.15, 0.2) is 95.5 Å². The van der Waals surface area contributed by atoms with Gasteiger partial charge in [-0.05, 0) is 17.2 Å². The molecule has 0 saturated carbocycles. The fourth-order valence-electron chi connectivity index (χ4n) is 3.28. The summed E-state index contributed by atoms with van der Waals surface area (Å²) in [4.78, 5) is 7.90. The Labute approximate surface area is 172 Å². The molecule has 2 aromatic heterocycles. The van der Waals surface area contributed by atoms with Gasteiger partial charge in [0.15, 0.2) is 0 Å². The van der Waals surface area contributed by atoms with Crippen LogP contribution in [-0.4, -0.2) is 16.2 Å². The number of nitrogens with zero attached hydrogens (tertiary/aromatic N) is 2. The van der Waals surface area contributed by atoms with Crippen molar-refractivity contribution in [2.24, 2.45) is 5.10 Å². The molecule has 2 N–H and O–H groups in total. The average Bonchev–Trinajstić information content (AvgIpc) is 3.42. The number of hydrogen-bond donors (Lipinski definition) is 2. The van der Waals surface area contributed by atoms with Crippen LogP contribution in [-0.2, 0) is 0 Å². The smallest absolute Gasteiger partial charge is 0.203 e. The second kappa shape index (κ2) is 7.73. The highest BCUT2D eigenvalue weighted by Gasteiger charge is 2.05. The van der Waals surface area contributed by atoms with Crippen molar-refractivity contribution >= 4 is 33.6 Å². The Morgan fingerprint density at radius 2 is 1.55 bits per heavy atom. The van der Waals surface area contributed by atoms with Gasteiger partial charge >= 0.3 is 0 Å². The SMILES string of the molecule is C(=N\Nc1nc(-c2ccc(-c3ccccc3)cc2)cs1)/c1c[nH]c2ccccc12. The van der Waals surface area contributed by atoms with Gasteiger partial charge in [-0.25, -0.2) is 4.98 Å². The zero-order chi connectivity index (χ0) is 19.5. The number of hydrazone groups is 1. The molecule has 0 aliphatic rings. The minimum atomic E-state index is 0.767. The fourth-order valence-corrected chi connectivity index (χ4v) is 3.95. The van der Waals surface area contributed by atoms with Gasteiger partial charge in [0.1, 0.15) is 0 Å². The molecule has 4 nitrogen and oxygen atoms in total. The molecule has 140 valence electrons. The van der Waals surface area contributed by atoms with Crippen LogP contribution < -0.4 is 5.43 Å². The Morgan fingerprint density at radius 1 is 0.828 bits per heavy atom. The van der Waals surface area contributed by atoms with Gasteiger partial charge < -0.3 is 4.98 Å². The van der Waals surface area contributed by atoms with Crippen molar-refractivity contribution in [2.75, 3.05) is 5.43 Å². The van der Waals surface area contributed by atoms with E-state index in [-0.39, 0.29) is 0 Å². The first-order chi connectivity index (χ1) is 14.4. The topological polar surface area (TPSA) is 53.1 Å². The Morgan fingerprint density at radius 3 is 2.41 bits per heavy atom. The Hall–Kier alpha value is -3.70. The van der Waals surface area contributed by atoms with Crippen LogP contribution in [0.5, 0.6) is 0 Å². The third-order valence-electron chi connectivity index (χ3n) is 4.78. The molecule has 5 heteroatoms. The maximum absolute atomic E-state index is 4.65. The largest absolute Gasteiger partial charge is 0.361 e. The molecule has 0 unspecified atom stereocenters. The lowest BCUT2D eigenvalue weighted by atomic mass is 10.0. The van der Waals surface area contributed by atoms with E-state index in [1.165, 1.54) is 11.1 Å². The summed E-state index contributed by atoms with van der Waals surface area (Å²) >= 11 is 1.54. The number of para-hydroxylation sites is 1. The van der Waals surface area contributed by atoms with Gasteiger partial charge in [-0.2, -0.15) is 5.10 Å². The van der Waals surface area contributed by atoms with Crippen molar-refractivity contribution in [1.29, 1.82) is 0 Å². The van der Waals surface area contributed by atoms with Crippen LogP contribution >= 0.6 is 11.3 Å². The summed E-state index contributed by atoms with van der Waals surface area (Å²) in [5.74, 6) is 0. The number of thiazole rings is 1. The molecule has 0 amide bonds. The second-order valence-electron chi connectivity index (χ2n) is 6.64. The highest BCUT2D eigenvalue weighted by atomic mass is 32.1. The van der Waals surface area contributed by atoms with E-state index in [4.69, 9.17) is 0 Å². The summed E-state index contributed by atoms with van der Waals surface area (Å²) in [6.07, 6.45) is 3.77. The summed E-state index contributed by atoms with van der Waals surface area (Å²) in [6.45, 7) is 0. The zero-order valence-corrected chi connectivity index (χ0v) is 16.4. The van der Waals surface area contributed by atoms with Crippen molar-refractivity contribution in [1.82, 2.24) is 9.97 Å². The molecule has 29 heavy (non-hydrogen) atoms. The van der Waals surface area contributed by atoms with Crippen LogP contribution in [0, 0.1) is 0 Å². The predicted molar refractivity (Wildman–Crippen MR) is 123 cm³/mol. The second-order valence-corrected chi connectivity index (χ2v) is 7.50. The molecule has 0 spiro atoms. The van der Waals surface area contributed by atoms with Crippen molar-refractivity contribution in [3.8, 4) is 22.4 Å². The van der Waals surface area contributed by atoms with Gasteiger partial charge in [-0.3, -0.25) is 5.43 Å². The molecule has 0 radical (unpaired) electrons. The van der Waals surface area contributed by atoms with Gasteiger partial charge in [-0.1, -0.05) is 72.8 Å². The average molecular weight is 395 g/mol. The quantitative estimate of drug-likeness (QED) is 0.267. The zero-order valence-electron chi connectivity index (χ0n) is 15.5. The first kappa shape index (κ1) is 17.4. The van der Waals surface area contributed by atoms with E-state index in [1.54, 1.807) is 11.3 Å². The summed E-state index contributed by atoms with van der Waals surface area (Å²) in [7, 11) is 0. The summed E-state index contributed by atoms with van der Waals surface area (Å²) in [6, 6.07) is 27.0. The molecule has 3 aromatic carbocycles. The lowest BCUT2D eigenvalue weighted by Crippen LogP contribution is -1.89. The normalized spacial score (nSPS) is 11.3. The molecular formula is C24H18N4S. The number of fused-ring (bicyclic) bond motifs is 1. The van der Waals surface area contributed by atoms with E-state index in [2.05, 4.69) is 81.2 Å². The van der Waals surface area contributed by atoms with Gasteiger partial charge in [0.2, 0.25) is 5.13 Å². The Bertz CT molecular complexity index is 1270. The summed E-state index contributed by atoms with van der Waals surface area (Å²) in [5.41, 5.74) is 9.63. The molecule has 5 rings (SSSR count). The van der Waals surface area contributed by atoms with E-state index in [0.717, 1.165) is 32.9 Å². The number of hydrogen-bond acceptors (Lipinski definition) is 4. The predicted octanol–water partition coefficient (Wildman–Crippen LogP) is 6.40. The molecule has 0 bridgehead atoms. The number of aromatic amines is 1. The number of aromatic nitrogens is 2. The van der Waals surface area contributed by atoms with Crippen LogP contribution in [0.25, 0.3) is 33.3 Å². The Kier molecular flexibility index (Phi) is 4.64. The maximum Gasteiger partial charge on any atom is 0.203 e. The highest BCUT2D eigenvalue weighted by molar-refractivity contribution is 7.14. The molecule has 0 aliphatic heterocycles. The van der Waals surface area contributed by atoms with E-state index < -0.39 is 0 Å². The van der Waals surface area contributed by atoms with Crippen molar-refractivity contribution in [2.45, 2.75) is 0 Å². The third kappa shape index (κ3) is 3.68. The van der Waals surface area contributed by atoms with Crippen molar-refractivity contribution in [3.63, 3.8) is 0 Å². The summed E-state index contributed by atoms with van der Waals surface area (Å²) in [5, 5.41) is 8.31. The first-order valence-electron chi connectivity index (χ1n) is 9.33. The molecule has 0 aliphatic carbocycles. The van der Waals surface area contributed by atoms with Gasteiger partial charge in [-0.15, -0.1) is 11.3 Å². The monoisotopic (exact) mass is 394 g/mol. The lowest BCUT2D eigenvalue weighted by Gasteiger charge is -2.02. The van der Waals surface area contributed by atoms with Crippen molar-refractivity contribution < 1.29 is 0 Å². The van der Waals surface area contributed by atoms with E-state index in [9.17, 15) is 0 Å². The third-order valence-corrected chi connectivity index (χ3v) is 5.52. The first-order valence-corrected chi connectivity index (χ1v) is 10.2. The number of nitrogens with one attached hydrogen (secondary N) is 2. The molecular weight excluding hydrogens is 376 g/mol. The van der Waals surface area contributed by atoms with E-state index >= 15 is 0 Å². The van der Waals surface area contributed by atoms with E-state index in [0.29, 0.717) is 0 Å². The maximum atomic E-state index is 4.65. The number of rotatable bonds is 5. The molecule has 0 atom stereocenters. The number of anilines is 1. The molecule has 0 fully saturated rings. The minimum Gasteiger partial charge on any atom is -0.361 e. The standard InChI is InChI=1S/C24H18N4S/c1-2-6-17(7-3-1)18-10-12-19(13-11-18)23-16-29-24(27-23)28-26-15-20-14-25-22-9-5-4-8-21(20)22/h1-16,25H,(H,27,28)/b26-15+. The van der Waals surface area contributed by atoms with Gasteiger partial charge in [0.25, 0.3) is 0 Å². The summed E-state index contributed by atoms with van der Waals surface area (Å²) < 4.78 is 0. The van der Waals surface area contributed by atoms with Gasteiger partial charge in [0.05, 0.1) is 11.9 Å². The fraction of sp³-hybridized carbons (Fsp3) is 0. The number of H-pyrrole nitrogens is 1. The number of benzene rings is 3. The lowest BCUT2D eigenvalue weighted by molar-refractivity contribution is 1.29. The van der Waals surface area contributed by atoms with Crippen LogP contribution in [0.3, 0.4) is 0 Å². The van der Waals surface area contributed by atoms with Crippen LogP contribution in [0.2, 0.25) is 0 Å².